The lowest BCUT2D eigenvalue weighted by atomic mass is 9.80. The molecular weight excluding hydrogens is 358 g/mol. The maximum Gasteiger partial charge on any atom is 0.315 e. The monoisotopic (exact) mass is 387 g/mol. The van der Waals surface area contributed by atoms with Crippen molar-refractivity contribution in [2.75, 3.05) is 13.7 Å². The van der Waals surface area contributed by atoms with Crippen molar-refractivity contribution < 1.29 is 19.1 Å². The Hall–Kier alpha value is -1.50. The molecular formula is C18H30ClN3O4. The van der Waals surface area contributed by atoms with Gasteiger partial charge in [-0.25, -0.2) is 4.79 Å². The van der Waals surface area contributed by atoms with Gasteiger partial charge in [0.05, 0.1) is 18.9 Å². The number of esters is 1. The number of hydrogen-bond donors (Lipinski definition) is 3. The molecule has 0 heterocycles. The zero-order valence-corrected chi connectivity index (χ0v) is 16.1. The molecule has 8 heteroatoms. The van der Waals surface area contributed by atoms with Crippen LogP contribution in [-0.2, 0) is 14.3 Å². The lowest BCUT2D eigenvalue weighted by Crippen LogP contribution is -2.49. The van der Waals surface area contributed by atoms with Crippen LogP contribution in [0.5, 0.6) is 0 Å². The molecule has 26 heavy (non-hydrogen) atoms. The molecule has 2 aliphatic carbocycles. The topological polar surface area (TPSA) is 111 Å². The van der Waals surface area contributed by atoms with E-state index in [1.165, 1.54) is 13.5 Å². The Morgan fingerprint density at radius 1 is 1.15 bits per heavy atom. The van der Waals surface area contributed by atoms with Crippen LogP contribution in [0, 0.1) is 17.8 Å². The normalized spacial score (nSPS) is 28.0. The van der Waals surface area contributed by atoms with Gasteiger partial charge in [0, 0.05) is 18.0 Å². The van der Waals surface area contributed by atoms with Gasteiger partial charge in [0.1, 0.15) is 0 Å². The standard InChI is InChI=1S/C18H30ClN3O4/c1-26-17(24)14(11-5-3-2-4-6-11)10-21-18(25)22-12-7-8-13(16(20)23)15(19)9-12/h11-15H,2-10H2,1H3,(H2,20,23)(H2,21,22,25)/t12?,13?,14-,15?/m1/s1. The molecule has 148 valence electrons. The molecule has 2 aliphatic rings. The van der Waals surface area contributed by atoms with E-state index in [9.17, 15) is 14.4 Å². The van der Waals surface area contributed by atoms with E-state index in [-0.39, 0.29) is 53.6 Å². The summed E-state index contributed by atoms with van der Waals surface area (Å²) in [5.74, 6) is -1.04. The van der Waals surface area contributed by atoms with Crippen LogP contribution in [0.2, 0.25) is 0 Å². The number of nitrogens with one attached hydrogen (secondary N) is 2. The van der Waals surface area contributed by atoms with Gasteiger partial charge in [-0.05, 0) is 38.0 Å². The highest BCUT2D eigenvalue weighted by Gasteiger charge is 2.34. The summed E-state index contributed by atoms with van der Waals surface area (Å²) in [6, 6.07) is -0.416. The van der Waals surface area contributed by atoms with Crippen LogP contribution in [0.15, 0.2) is 0 Å². The first-order chi connectivity index (χ1) is 12.4. The van der Waals surface area contributed by atoms with Crippen LogP contribution >= 0.6 is 11.6 Å². The van der Waals surface area contributed by atoms with E-state index < -0.39 is 0 Å². The number of carbonyl (C=O) groups excluding carboxylic acids is 3. The zero-order chi connectivity index (χ0) is 19.1. The van der Waals surface area contributed by atoms with Crippen LogP contribution in [-0.4, -0.2) is 43.0 Å². The minimum absolute atomic E-state index is 0.0978. The highest BCUT2D eigenvalue weighted by Crippen LogP contribution is 2.31. The van der Waals surface area contributed by atoms with Crippen molar-refractivity contribution in [3.05, 3.63) is 0 Å². The van der Waals surface area contributed by atoms with E-state index in [1.54, 1.807) is 0 Å². The smallest absolute Gasteiger partial charge is 0.315 e. The van der Waals surface area contributed by atoms with Gasteiger partial charge in [-0.1, -0.05) is 19.3 Å². The Kier molecular flexibility index (Phi) is 8.00. The Balaban J connectivity index is 1.80. The van der Waals surface area contributed by atoms with Crippen molar-refractivity contribution in [2.24, 2.45) is 23.5 Å². The number of carbonyl (C=O) groups is 3. The summed E-state index contributed by atoms with van der Waals surface area (Å²) in [7, 11) is 1.38. The number of hydrogen-bond acceptors (Lipinski definition) is 4. The maximum absolute atomic E-state index is 12.2. The third kappa shape index (κ3) is 5.76. The Morgan fingerprint density at radius 3 is 2.42 bits per heavy atom. The lowest BCUT2D eigenvalue weighted by molar-refractivity contribution is -0.147. The van der Waals surface area contributed by atoms with E-state index in [4.69, 9.17) is 22.1 Å². The number of primary amides is 1. The summed E-state index contributed by atoms with van der Waals surface area (Å²) in [4.78, 5) is 35.6. The molecule has 7 nitrogen and oxygen atoms in total. The van der Waals surface area contributed by atoms with E-state index in [0.29, 0.717) is 19.3 Å². The predicted octanol–water partition coefficient (Wildman–Crippen LogP) is 1.92. The summed E-state index contributed by atoms with van der Waals surface area (Å²) in [6.45, 7) is 0.268. The molecule has 0 saturated heterocycles. The highest BCUT2D eigenvalue weighted by atomic mass is 35.5. The van der Waals surface area contributed by atoms with Gasteiger partial charge in [-0.15, -0.1) is 11.6 Å². The predicted molar refractivity (Wildman–Crippen MR) is 98.6 cm³/mol. The molecule has 0 spiro atoms. The first-order valence-electron chi connectivity index (χ1n) is 9.48. The Bertz CT molecular complexity index is 511. The van der Waals surface area contributed by atoms with E-state index in [1.807, 2.05) is 0 Å². The van der Waals surface area contributed by atoms with Crippen LogP contribution in [0.3, 0.4) is 0 Å². The largest absolute Gasteiger partial charge is 0.469 e. The summed E-state index contributed by atoms with van der Waals surface area (Å²) >= 11 is 6.21. The van der Waals surface area contributed by atoms with Crippen molar-refractivity contribution >= 4 is 29.5 Å². The molecule has 0 aliphatic heterocycles. The molecule has 0 bridgehead atoms. The number of alkyl halides is 1. The molecule has 0 radical (unpaired) electrons. The second-order valence-corrected chi connectivity index (χ2v) is 7.98. The van der Waals surface area contributed by atoms with Gasteiger partial charge in [-0.3, -0.25) is 9.59 Å². The highest BCUT2D eigenvalue weighted by molar-refractivity contribution is 6.22. The number of urea groups is 1. The third-order valence-electron chi connectivity index (χ3n) is 5.68. The summed E-state index contributed by atoms with van der Waals surface area (Å²) in [5, 5.41) is 5.33. The van der Waals surface area contributed by atoms with Crippen molar-refractivity contribution in [3.63, 3.8) is 0 Å². The van der Waals surface area contributed by atoms with Crippen LogP contribution < -0.4 is 16.4 Å². The third-order valence-corrected chi connectivity index (χ3v) is 6.16. The maximum atomic E-state index is 12.2. The molecule has 0 aromatic carbocycles. The molecule has 0 aromatic heterocycles. The van der Waals surface area contributed by atoms with Crippen molar-refractivity contribution in [1.82, 2.24) is 10.6 Å². The lowest BCUT2D eigenvalue weighted by Gasteiger charge is -2.32. The summed E-state index contributed by atoms with van der Waals surface area (Å²) in [6.07, 6.45) is 7.16. The minimum Gasteiger partial charge on any atom is -0.469 e. The molecule has 3 amide bonds. The van der Waals surface area contributed by atoms with Crippen molar-refractivity contribution in [3.8, 4) is 0 Å². The fourth-order valence-corrected chi connectivity index (χ4v) is 4.60. The number of methoxy groups -OCH3 is 1. The number of halogens is 1. The molecule has 3 unspecified atom stereocenters. The molecule has 2 fully saturated rings. The summed E-state index contributed by atoms with van der Waals surface area (Å²) < 4.78 is 4.92. The molecule has 4 N–H and O–H groups in total. The van der Waals surface area contributed by atoms with Crippen LogP contribution in [0.4, 0.5) is 4.79 Å². The van der Waals surface area contributed by atoms with Gasteiger partial charge in [-0.2, -0.15) is 0 Å². The quantitative estimate of drug-likeness (QED) is 0.477. The van der Waals surface area contributed by atoms with Gasteiger partial charge in [0.2, 0.25) is 5.91 Å². The Labute approximate surface area is 159 Å². The average molecular weight is 388 g/mol. The number of nitrogens with two attached hydrogens (primary N) is 1. The van der Waals surface area contributed by atoms with Crippen molar-refractivity contribution in [1.29, 1.82) is 0 Å². The average Bonchev–Trinajstić information content (AvgIpc) is 2.62. The molecule has 0 aromatic rings. The summed E-state index contributed by atoms with van der Waals surface area (Å²) in [5.41, 5.74) is 5.33. The molecule has 2 rings (SSSR count). The number of ether oxygens (including phenoxy) is 1. The van der Waals surface area contributed by atoms with Gasteiger partial charge in [0.15, 0.2) is 0 Å². The molecule has 2 saturated carbocycles. The minimum atomic E-state index is -0.388. The molecule has 4 atom stereocenters. The fourth-order valence-electron chi connectivity index (χ4n) is 4.14. The SMILES string of the molecule is COC(=O)[C@H](CNC(=O)NC1CCC(C(N)=O)C(Cl)C1)C1CCCCC1. The Morgan fingerprint density at radius 2 is 1.85 bits per heavy atom. The van der Waals surface area contributed by atoms with Crippen LogP contribution in [0.25, 0.3) is 0 Å². The number of rotatable bonds is 6. The van der Waals surface area contributed by atoms with Gasteiger partial charge in [0.25, 0.3) is 0 Å². The second kappa shape index (κ2) is 10.00. The second-order valence-electron chi connectivity index (χ2n) is 7.42. The van der Waals surface area contributed by atoms with E-state index in [0.717, 1.165) is 25.7 Å². The van der Waals surface area contributed by atoms with E-state index in [2.05, 4.69) is 10.6 Å². The first-order valence-corrected chi connectivity index (χ1v) is 9.91. The number of amides is 3. The van der Waals surface area contributed by atoms with Gasteiger partial charge >= 0.3 is 12.0 Å². The van der Waals surface area contributed by atoms with Crippen molar-refractivity contribution in [2.45, 2.75) is 62.8 Å². The van der Waals surface area contributed by atoms with E-state index >= 15 is 0 Å². The van der Waals surface area contributed by atoms with Crippen LogP contribution in [0.1, 0.15) is 51.4 Å². The fraction of sp³-hybridized carbons (Fsp3) is 0.833. The first kappa shape index (κ1) is 20.8. The van der Waals surface area contributed by atoms with Gasteiger partial charge < -0.3 is 21.1 Å². The zero-order valence-electron chi connectivity index (χ0n) is 15.3.